The summed E-state index contributed by atoms with van der Waals surface area (Å²) in [5.41, 5.74) is 1.15. The number of halogens is 2. The number of nitrogens with one attached hydrogen (secondary N) is 2. The van der Waals surface area contributed by atoms with Gasteiger partial charge in [0.25, 0.3) is 17.7 Å². The number of fused-ring (bicyclic) bond motifs is 1. The second kappa shape index (κ2) is 16.2. The molecule has 5 fully saturated rings. The molecule has 2 aromatic carbocycles. The van der Waals surface area contributed by atoms with Crippen molar-refractivity contribution in [2.24, 2.45) is 11.3 Å². The van der Waals surface area contributed by atoms with Crippen LogP contribution in [0.2, 0.25) is 5.02 Å². The molecule has 9 rings (SSSR count). The lowest BCUT2D eigenvalue weighted by atomic mass is 9.71. The fourth-order valence-corrected chi connectivity index (χ4v) is 10.3. The van der Waals surface area contributed by atoms with E-state index >= 15 is 4.39 Å². The number of imide groups is 2. The van der Waals surface area contributed by atoms with Crippen molar-refractivity contribution in [3.8, 4) is 11.8 Å². The van der Waals surface area contributed by atoms with Crippen LogP contribution in [0, 0.1) is 28.5 Å². The molecule has 0 radical (unpaired) electrons. The molecule has 5 heterocycles. The van der Waals surface area contributed by atoms with E-state index < -0.39 is 35.5 Å². The Balaban J connectivity index is 0.696. The standard InChI is InChI=1S/C43H47ClFN9O6/c44-33-17-30(8-3-26(33)20-46)60-29-9-4-27(5-10-29)47-39(56)35-22-53(50-49-35)28-6-1-25(2-7-28)21-51-15-13-43(14-16-51)23-52(24-43)37-19-32-31(18-34(37)45)41(58)54(42(32)59)36-11-12-38(55)48-40(36)57/h3,8,17-19,22,25,27-29,36H,1-2,4-7,9-16,21,23-24H2,(H,47,56)(H,48,55,57). The second-order valence-corrected chi connectivity index (χ2v) is 17.9. The first-order valence-electron chi connectivity index (χ1n) is 21.1. The summed E-state index contributed by atoms with van der Waals surface area (Å²) in [6, 6.07) is 8.84. The molecule has 17 heteroatoms. The summed E-state index contributed by atoms with van der Waals surface area (Å²) in [7, 11) is 0. The predicted molar refractivity (Wildman–Crippen MR) is 215 cm³/mol. The smallest absolute Gasteiger partial charge is 0.273 e. The van der Waals surface area contributed by atoms with Crippen LogP contribution in [0.5, 0.6) is 5.75 Å². The summed E-state index contributed by atoms with van der Waals surface area (Å²) >= 11 is 6.15. The lowest BCUT2D eigenvalue weighted by Crippen LogP contribution is -2.61. The number of benzene rings is 2. The summed E-state index contributed by atoms with van der Waals surface area (Å²) in [6.45, 7) is 4.32. The first-order valence-corrected chi connectivity index (χ1v) is 21.4. The zero-order valence-corrected chi connectivity index (χ0v) is 34.0. The molecule has 2 N–H and O–H groups in total. The zero-order chi connectivity index (χ0) is 41.7. The molecule has 2 saturated carbocycles. The van der Waals surface area contributed by atoms with Gasteiger partial charge >= 0.3 is 0 Å². The van der Waals surface area contributed by atoms with Crippen molar-refractivity contribution in [2.75, 3.05) is 37.6 Å². The maximum atomic E-state index is 15.4. The molecule has 3 saturated heterocycles. The van der Waals surface area contributed by atoms with Crippen LogP contribution in [0.4, 0.5) is 10.1 Å². The number of amides is 5. The second-order valence-electron chi connectivity index (χ2n) is 17.5. The third-order valence-electron chi connectivity index (χ3n) is 13.6. The van der Waals surface area contributed by atoms with E-state index in [1.54, 1.807) is 24.4 Å². The average molecular weight is 840 g/mol. The summed E-state index contributed by atoms with van der Waals surface area (Å²) in [6.07, 6.45) is 11.1. The molecule has 4 aliphatic heterocycles. The number of hydrogen-bond acceptors (Lipinski definition) is 11. The number of ether oxygens (including phenoxy) is 1. The molecular formula is C43H47ClFN9O6. The van der Waals surface area contributed by atoms with Gasteiger partial charge in [-0.1, -0.05) is 16.8 Å². The summed E-state index contributed by atoms with van der Waals surface area (Å²) in [5.74, 6) is -2.05. The Morgan fingerprint density at radius 2 is 1.68 bits per heavy atom. The van der Waals surface area contributed by atoms with Crippen molar-refractivity contribution in [2.45, 2.75) is 101 Å². The van der Waals surface area contributed by atoms with Crippen LogP contribution in [0.3, 0.4) is 0 Å². The van der Waals surface area contributed by atoms with Crippen LogP contribution in [0.15, 0.2) is 36.5 Å². The molecule has 1 spiro atoms. The Bertz CT molecular complexity index is 2260. The van der Waals surface area contributed by atoms with E-state index in [4.69, 9.17) is 21.6 Å². The van der Waals surface area contributed by atoms with Crippen molar-refractivity contribution in [1.82, 2.24) is 35.4 Å². The number of nitriles is 1. The van der Waals surface area contributed by atoms with Crippen molar-refractivity contribution in [3.05, 3.63) is 69.8 Å². The first kappa shape index (κ1) is 40.0. The van der Waals surface area contributed by atoms with E-state index in [0.29, 0.717) is 46.7 Å². The minimum absolute atomic E-state index is 0.0166. The fourth-order valence-electron chi connectivity index (χ4n) is 10.1. The van der Waals surface area contributed by atoms with E-state index in [9.17, 15) is 24.0 Å². The van der Waals surface area contributed by atoms with Crippen molar-refractivity contribution in [3.63, 3.8) is 0 Å². The van der Waals surface area contributed by atoms with Crippen molar-refractivity contribution >= 4 is 46.8 Å². The van der Waals surface area contributed by atoms with E-state index in [-0.39, 0.29) is 53.5 Å². The lowest BCUT2D eigenvalue weighted by Gasteiger charge is -2.55. The van der Waals surface area contributed by atoms with Gasteiger partial charge in [-0.3, -0.25) is 34.2 Å². The molecule has 60 heavy (non-hydrogen) atoms. The minimum atomic E-state index is -1.09. The van der Waals surface area contributed by atoms with E-state index in [1.165, 1.54) is 6.07 Å². The maximum absolute atomic E-state index is 15.4. The van der Waals surface area contributed by atoms with E-state index in [0.717, 1.165) is 94.8 Å². The molecule has 0 bridgehead atoms. The van der Waals surface area contributed by atoms with Crippen LogP contribution in [0.25, 0.3) is 0 Å². The highest BCUT2D eigenvalue weighted by Gasteiger charge is 2.48. The molecular weight excluding hydrogens is 793 g/mol. The minimum Gasteiger partial charge on any atom is -0.490 e. The molecule has 6 aliphatic rings. The third-order valence-corrected chi connectivity index (χ3v) is 14.0. The molecule has 2 aliphatic carbocycles. The topological polar surface area (TPSA) is 183 Å². The van der Waals surface area contributed by atoms with E-state index in [1.807, 2.05) is 9.58 Å². The first-order chi connectivity index (χ1) is 29.0. The van der Waals surface area contributed by atoms with Gasteiger partial charge in [0.2, 0.25) is 11.8 Å². The number of piperidine rings is 2. The van der Waals surface area contributed by atoms with Gasteiger partial charge in [-0.25, -0.2) is 9.07 Å². The van der Waals surface area contributed by atoms with Gasteiger partial charge in [-0.2, -0.15) is 5.26 Å². The van der Waals surface area contributed by atoms with Gasteiger partial charge in [-0.05, 0) is 114 Å². The van der Waals surface area contributed by atoms with Gasteiger partial charge in [-0.15, -0.1) is 5.10 Å². The largest absolute Gasteiger partial charge is 0.490 e. The fraction of sp³-hybridized carbons (Fsp3) is 0.535. The average Bonchev–Trinajstić information content (AvgIpc) is 3.81. The zero-order valence-electron chi connectivity index (χ0n) is 33.2. The van der Waals surface area contributed by atoms with Gasteiger partial charge in [0.1, 0.15) is 23.7 Å². The van der Waals surface area contributed by atoms with Crippen molar-refractivity contribution in [1.29, 1.82) is 5.26 Å². The predicted octanol–water partition coefficient (Wildman–Crippen LogP) is 4.80. The Kier molecular flexibility index (Phi) is 10.8. The Morgan fingerprint density at radius 1 is 0.967 bits per heavy atom. The highest BCUT2D eigenvalue weighted by Crippen LogP contribution is 2.45. The molecule has 1 aromatic heterocycles. The lowest BCUT2D eigenvalue weighted by molar-refractivity contribution is -0.136. The van der Waals surface area contributed by atoms with Gasteiger partial charge in [0.05, 0.1) is 45.7 Å². The van der Waals surface area contributed by atoms with Crippen LogP contribution < -0.4 is 20.3 Å². The number of anilines is 1. The highest BCUT2D eigenvalue weighted by atomic mass is 35.5. The highest BCUT2D eigenvalue weighted by molar-refractivity contribution is 6.31. The van der Waals surface area contributed by atoms with E-state index in [2.05, 4.69) is 31.9 Å². The monoisotopic (exact) mass is 839 g/mol. The van der Waals surface area contributed by atoms with Crippen LogP contribution in [0.1, 0.15) is 120 Å². The summed E-state index contributed by atoms with van der Waals surface area (Å²) < 4.78 is 23.4. The normalized spacial score (nSPS) is 26.6. The van der Waals surface area contributed by atoms with Crippen LogP contribution in [-0.4, -0.2) is 105 Å². The van der Waals surface area contributed by atoms with Crippen LogP contribution >= 0.6 is 11.6 Å². The molecule has 3 aromatic rings. The van der Waals surface area contributed by atoms with Gasteiger partial charge < -0.3 is 19.9 Å². The molecule has 314 valence electrons. The quantitative estimate of drug-likeness (QED) is 0.283. The molecule has 5 amide bonds. The number of aromatic nitrogens is 3. The number of likely N-dealkylation sites (tertiary alicyclic amines) is 1. The van der Waals surface area contributed by atoms with Crippen molar-refractivity contribution < 1.29 is 33.1 Å². The van der Waals surface area contributed by atoms with Crippen LogP contribution in [-0.2, 0) is 9.59 Å². The third kappa shape index (κ3) is 7.85. The Labute approximate surface area is 351 Å². The molecule has 15 nitrogen and oxygen atoms in total. The van der Waals surface area contributed by atoms with Gasteiger partial charge in [0, 0.05) is 43.6 Å². The number of nitrogens with zero attached hydrogens (tertiary/aromatic N) is 7. The Hall–Kier alpha value is -5.40. The molecule has 1 atom stereocenters. The number of hydrogen-bond donors (Lipinski definition) is 2. The van der Waals surface area contributed by atoms with Gasteiger partial charge in [0.15, 0.2) is 5.69 Å². The summed E-state index contributed by atoms with van der Waals surface area (Å²) in [4.78, 5) is 68.9. The Morgan fingerprint density at radius 3 is 2.37 bits per heavy atom. The number of carbonyl (C=O) groups excluding carboxylic acids is 5. The number of rotatable bonds is 9. The SMILES string of the molecule is N#Cc1ccc(OC2CCC(NC(=O)c3cn(C4CCC(CN5CCC6(CC5)CN(c5cc7c(cc5F)C(=O)N(C5CCC(=O)NC5=O)C7=O)C6)CC4)nn3)CC2)cc1Cl. The number of carbonyl (C=O) groups is 5. The maximum Gasteiger partial charge on any atom is 0.273 e. The molecule has 1 unspecified atom stereocenters. The summed E-state index contributed by atoms with van der Waals surface area (Å²) in [5, 5.41) is 23.4.